The van der Waals surface area contributed by atoms with Crippen LogP contribution in [0.5, 0.6) is 5.75 Å². The lowest BCUT2D eigenvalue weighted by atomic mass is 9.88. The molecule has 2 unspecified atom stereocenters. The summed E-state index contributed by atoms with van der Waals surface area (Å²) in [6.45, 7) is 5.02. The molecule has 2 N–H and O–H groups in total. The van der Waals surface area contributed by atoms with Gasteiger partial charge in [-0.1, -0.05) is 24.6 Å². The predicted molar refractivity (Wildman–Crippen MR) is 124 cm³/mol. The average Bonchev–Trinajstić information content (AvgIpc) is 3.25. The highest BCUT2D eigenvalue weighted by atomic mass is 35.5. The van der Waals surface area contributed by atoms with Gasteiger partial charge in [-0.15, -0.1) is 5.10 Å². The number of methoxy groups -OCH3 is 2. The number of sulfonamides is 1. The van der Waals surface area contributed by atoms with E-state index in [2.05, 4.69) is 14.9 Å². The van der Waals surface area contributed by atoms with E-state index in [0.29, 0.717) is 5.56 Å². The van der Waals surface area contributed by atoms with Gasteiger partial charge >= 0.3 is 11.7 Å². The van der Waals surface area contributed by atoms with E-state index >= 15 is 0 Å². The van der Waals surface area contributed by atoms with Gasteiger partial charge in [0, 0.05) is 12.0 Å². The van der Waals surface area contributed by atoms with Crippen LogP contribution in [0.2, 0.25) is 5.02 Å². The highest BCUT2D eigenvalue weighted by Gasteiger charge is 2.35. The number of nitrogens with zero attached hydrogens (tertiary/aromatic N) is 1. The minimum atomic E-state index is -4.55. The van der Waals surface area contributed by atoms with Crippen LogP contribution in [-0.2, 0) is 14.8 Å². The maximum Gasteiger partial charge on any atom is 0.434 e. The van der Waals surface area contributed by atoms with Gasteiger partial charge in [-0.05, 0) is 42.7 Å². The summed E-state index contributed by atoms with van der Waals surface area (Å²) in [5, 5.41) is 5.81. The first-order valence-corrected chi connectivity index (χ1v) is 12.1. The van der Waals surface area contributed by atoms with Crippen molar-refractivity contribution in [1.82, 2.24) is 14.9 Å². The number of ether oxygens (including phenoxy) is 2. The van der Waals surface area contributed by atoms with E-state index in [9.17, 15) is 22.4 Å². The fourth-order valence-electron chi connectivity index (χ4n) is 3.68. The number of H-pyrrole nitrogens is 1. The number of aryl methyl sites for hydroxylation is 1. The van der Waals surface area contributed by atoms with Crippen LogP contribution in [0.1, 0.15) is 51.8 Å². The van der Waals surface area contributed by atoms with E-state index in [4.69, 9.17) is 25.5 Å². The predicted octanol–water partition coefficient (Wildman–Crippen LogP) is 3.39. The van der Waals surface area contributed by atoms with E-state index in [1.165, 1.54) is 13.2 Å². The summed E-state index contributed by atoms with van der Waals surface area (Å²) >= 11 is 6.08. The van der Waals surface area contributed by atoms with Gasteiger partial charge in [-0.2, -0.15) is 4.72 Å². The van der Waals surface area contributed by atoms with Crippen molar-refractivity contribution in [3.8, 4) is 5.75 Å². The Balaban J connectivity index is 2.19. The van der Waals surface area contributed by atoms with Crippen LogP contribution in [0, 0.1) is 19.7 Å². The molecule has 2 aromatic carbocycles. The summed E-state index contributed by atoms with van der Waals surface area (Å²) in [5.41, 5.74) is 1.19. The molecular weight excluding hydrogens is 505 g/mol. The van der Waals surface area contributed by atoms with Crippen molar-refractivity contribution >= 4 is 27.6 Å². The van der Waals surface area contributed by atoms with Gasteiger partial charge in [0.1, 0.15) is 22.5 Å². The Morgan fingerprint density at radius 2 is 1.94 bits per heavy atom. The number of halogens is 2. The molecule has 0 aliphatic heterocycles. The molecule has 2 atom stereocenters. The van der Waals surface area contributed by atoms with Crippen LogP contribution in [0.25, 0.3) is 0 Å². The molecule has 0 bridgehead atoms. The number of carbonyl (C=O) groups is 1. The van der Waals surface area contributed by atoms with Crippen LogP contribution in [0.15, 0.2) is 38.4 Å². The van der Waals surface area contributed by atoms with E-state index in [1.807, 2.05) is 0 Å². The lowest BCUT2D eigenvalue weighted by molar-refractivity contribution is 0.0596. The van der Waals surface area contributed by atoms with Gasteiger partial charge in [-0.25, -0.2) is 27.5 Å². The van der Waals surface area contributed by atoms with E-state index in [-0.39, 0.29) is 27.8 Å². The minimum absolute atomic E-state index is 0.0174. The lowest BCUT2D eigenvalue weighted by Gasteiger charge is -2.25. The first-order chi connectivity index (χ1) is 16.4. The number of rotatable bonds is 8. The Morgan fingerprint density at radius 3 is 2.51 bits per heavy atom. The van der Waals surface area contributed by atoms with Gasteiger partial charge in [0.15, 0.2) is 0 Å². The fraction of sp³-hybridized carbons (Fsp3) is 0.318. The summed E-state index contributed by atoms with van der Waals surface area (Å²) in [4.78, 5) is 23.5. The number of carbonyl (C=O) groups excluding carboxylic acids is 1. The molecule has 0 aliphatic rings. The van der Waals surface area contributed by atoms with Gasteiger partial charge < -0.3 is 13.9 Å². The summed E-state index contributed by atoms with van der Waals surface area (Å²) in [6.07, 6.45) is 0. The normalized spacial score (nSPS) is 13.3. The second-order valence-corrected chi connectivity index (χ2v) is 9.81. The molecule has 3 rings (SSSR count). The fourth-order valence-corrected chi connectivity index (χ4v) is 5.39. The number of aromatic amines is 1. The van der Waals surface area contributed by atoms with Crippen molar-refractivity contribution in [2.45, 2.75) is 37.6 Å². The molecule has 13 heteroatoms. The zero-order valence-electron chi connectivity index (χ0n) is 19.4. The molecule has 1 aromatic heterocycles. The number of hydrogen-bond donors (Lipinski definition) is 2. The highest BCUT2D eigenvalue weighted by molar-refractivity contribution is 7.89. The summed E-state index contributed by atoms with van der Waals surface area (Å²) in [7, 11) is -2.20. The van der Waals surface area contributed by atoms with Crippen molar-refractivity contribution in [3.63, 3.8) is 0 Å². The van der Waals surface area contributed by atoms with Gasteiger partial charge in [0.25, 0.3) is 0 Å². The van der Waals surface area contributed by atoms with Crippen molar-refractivity contribution in [2.75, 3.05) is 14.2 Å². The smallest absolute Gasteiger partial charge is 0.434 e. The molecule has 188 valence electrons. The topological polar surface area (TPSA) is 141 Å². The summed E-state index contributed by atoms with van der Waals surface area (Å²) in [5.74, 6) is -3.71. The van der Waals surface area contributed by atoms with E-state index in [1.54, 1.807) is 26.8 Å². The van der Waals surface area contributed by atoms with Gasteiger partial charge in [-0.3, -0.25) is 0 Å². The zero-order valence-corrected chi connectivity index (χ0v) is 21.0. The third-order valence-corrected chi connectivity index (χ3v) is 7.42. The Bertz CT molecular complexity index is 1440. The average molecular weight is 528 g/mol. The molecule has 0 radical (unpaired) electrons. The van der Waals surface area contributed by atoms with Crippen LogP contribution < -0.4 is 15.2 Å². The van der Waals surface area contributed by atoms with Crippen molar-refractivity contribution in [2.24, 2.45) is 0 Å². The van der Waals surface area contributed by atoms with E-state index in [0.717, 1.165) is 24.8 Å². The minimum Gasteiger partial charge on any atom is -0.495 e. The monoisotopic (exact) mass is 527 g/mol. The van der Waals surface area contributed by atoms with Crippen LogP contribution in [0.3, 0.4) is 0 Å². The molecule has 35 heavy (non-hydrogen) atoms. The van der Waals surface area contributed by atoms with Crippen molar-refractivity contribution in [3.05, 3.63) is 73.8 Å². The number of nitrogens with one attached hydrogen (secondary N) is 2. The van der Waals surface area contributed by atoms with Crippen LogP contribution in [0.4, 0.5) is 4.39 Å². The number of hydrogen-bond acceptors (Lipinski definition) is 8. The number of aromatic nitrogens is 2. The zero-order chi connectivity index (χ0) is 26.1. The number of esters is 1. The standard InChI is InChI=1S/C22H23ClFN3O7S/c1-10-6-7-15(24)18(11(10)2)12(3)19(20-25-26-22(29)34-20)27-35(30,31)17-9-16(32-4)14(23)8-13(17)21(28)33-5/h6-9,12,19,27H,1-5H3,(H,26,29). The molecule has 0 aliphatic carbocycles. The Morgan fingerprint density at radius 1 is 1.26 bits per heavy atom. The summed E-state index contributed by atoms with van der Waals surface area (Å²) in [6, 6.07) is 3.66. The van der Waals surface area contributed by atoms with Gasteiger partial charge in [0.05, 0.1) is 24.8 Å². The Kier molecular flexibility index (Phi) is 7.68. The SMILES string of the molecule is COC(=O)c1cc(Cl)c(OC)cc1S(=O)(=O)NC(c1n[nH]c(=O)o1)C(C)c1c(F)ccc(C)c1C. The van der Waals surface area contributed by atoms with Gasteiger partial charge in [0.2, 0.25) is 15.9 Å². The lowest BCUT2D eigenvalue weighted by Crippen LogP contribution is -2.34. The first kappa shape index (κ1) is 26.4. The summed E-state index contributed by atoms with van der Waals surface area (Å²) < 4.78 is 59.2. The molecule has 0 saturated heterocycles. The molecule has 3 aromatic rings. The molecule has 10 nitrogen and oxygen atoms in total. The number of benzene rings is 2. The third-order valence-electron chi connectivity index (χ3n) is 5.64. The molecular formula is C22H23ClFN3O7S. The maximum atomic E-state index is 14.9. The highest BCUT2D eigenvalue weighted by Crippen LogP contribution is 2.37. The quantitative estimate of drug-likeness (QED) is 0.425. The van der Waals surface area contributed by atoms with Crippen molar-refractivity contribution in [1.29, 1.82) is 0 Å². The molecule has 1 heterocycles. The van der Waals surface area contributed by atoms with Crippen LogP contribution >= 0.6 is 11.6 Å². The van der Waals surface area contributed by atoms with Crippen LogP contribution in [-0.4, -0.2) is 38.8 Å². The first-order valence-electron chi connectivity index (χ1n) is 10.2. The maximum absolute atomic E-state index is 14.9. The largest absolute Gasteiger partial charge is 0.495 e. The Hall–Kier alpha value is -3.22. The van der Waals surface area contributed by atoms with Crippen molar-refractivity contribution < 1.29 is 31.5 Å². The second-order valence-electron chi connectivity index (χ2n) is 7.72. The molecule has 0 spiro atoms. The third kappa shape index (κ3) is 5.24. The molecule has 0 amide bonds. The second kappa shape index (κ2) is 10.2. The Labute approximate surface area is 205 Å². The van der Waals surface area contributed by atoms with E-state index < -0.39 is 44.4 Å². The molecule has 0 saturated carbocycles. The molecule has 0 fully saturated rings.